The van der Waals surface area contributed by atoms with Crippen molar-refractivity contribution < 1.29 is 14.3 Å². The first-order valence-electron chi connectivity index (χ1n) is 6.14. The van der Waals surface area contributed by atoms with Gasteiger partial charge in [0, 0.05) is 23.5 Å². The third kappa shape index (κ3) is 4.36. The van der Waals surface area contributed by atoms with Crippen LogP contribution in [0.1, 0.15) is 6.42 Å². The summed E-state index contributed by atoms with van der Waals surface area (Å²) >= 11 is 1.37. The molecular formula is C14H16FNO2S. The highest BCUT2D eigenvalue weighted by Gasteiger charge is 2.19. The van der Waals surface area contributed by atoms with Gasteiger partial charge in [-0.1, -0.05) is 12.2 Å². The second kappa shape index (κ2) is 6.73. The summed E-state index contributed by atoms with van der Waals surface area (Å²) in [6.07, 6.45) is 4.60. The number of amides is 1. The number of benzene rings is 1. The second-order valence-electron chi connectivity index (χ2n) is 4.48. The number of hydrogen-bond donors (Lipinski definition) is 2. The van der Waals surface area contributed by atoms with Gasteiger partial charge in [-0.05, 0) is 30.7 Å². The Kier molecular flexibility index (Phi) is 4.99. The molecule has 0 bridgehead atoms. The van der Waals surface area contributed by atoms with E-state index in [1.807, 2.05) is 12.2 Å². The van der Waals surface area contributed by atoms with Crippen molar-refractivity contribution in [3.63, 3.8) is 0 Å². The molecule has 0 heterocycles. The van der Waals surface area contributed by atoms with Crippen molar-refractivity contribution in [1.29, 1.82) is 0 Å². The Morgan fingerprint density at radius 3 is 2.74 bits per heavy atom. The molecule has 2 atom stereocenters. The number of thioether (sulfide) groups is 1. The molecule has 0 fully saturated rings. The molecule has 19 heavy (non-hydrogen) atoms. The summed E-state index contributed by atoms with van der Waals surface area (Å²) in [6, 6.07) is 6.09. The van der Waals surface area contributed by atoms with Crippen molar-refractivity contribution in [2.24, 2.45) is 5.92 Å². The Hall–Kier alpha value is -1.33. The molecule has 1 aromatic carbocycles. The van der Waals surface area contributed by atoms with Crippen LogP contribution in [0.2, 0.25) is 0 Å². The molecule has 0 saturated heterocycles. The van der Waals surface area contributed by atoms with Crippen LogP contribution in [0.4, 0.5) is 4.39 Å². The summed E-state index contributed by atoms with van der Waals surface area (Å²) in [5.74, 6) is 0.123. The fourth-order valence-corrected chi connectivity index (χ4v) is 2.65. The van der Waals surface area contributed by atoms with Crippen LogP contribution in [0.3, 0.4) is 0 Å². The van der Waals surface area contributed by atoms with Gasteiger partial charge >= 0.3 is 0 Å². The van der Waals surface area contributed by atoms with Crippen LogP contribution in [0.5, 0.6) is 0 Å². The lowest BCUT2D eigenvalue weighted by atomic mass is 10.1. The normalized spacial score (nSPS) is 21.6. The van der Waals surface area contributed by atoms with E-state index >= 15 is 0 Å². The van der Waals surface area contributed by atoms with E-state index < -0.39 is 0 Å². The predicted molar refractivity (Wildman–Crippen MR) is 73.4 cm³/mol. The van der Waals surface area contributed by atoms with Gasteiger partial charge in [-0.2, -0.15) is 0 Å². The number of nitrogens with one attached hydrogen (secondary N) is 1. The molecule has 0 radical (unpaired) electrons. The van der Waals surface area contributed by atoms with Gasteiger partial charge < -0.3 is 10.4 Å². The Morgan fingerprint density at radius 1 is 1.37 bits per heavy atom. The van der Waals surface area contributed by atoms with Crippen LogP contribution in [0.15, 0.2) is 41.3 Å². The van der Waals surface area contributed by atoms with Crippen molar-refractivity contribution >= 4 is 17.7 Å². The van der Waals surface area contributed by atoms with Crippen molar-refractivity contribution in [1.82, 2.24) is 5.32 Å². The number of halogens is 1. The lowest BCUT2D eigenvalue weighted by molar-refractivity contribution is -0.119. The topological polar surface area (TPSA) is 49.3 Å². The SMILES string of the molecule is O=C(CSc1ccc(F)cc1)N[C@@H]1C=C[C@H](CO)C1. The fraction of sp³-hybridized carbons (Fsp3) is 0.357. The molecule has 5 heteroatoms. The van der Waals surface area contributed by atoms with Gasteiger partial charge in [0.05, 0.1) is 5.75 Å². The number of aliphatic hydroxyl groups excluding tert-OH is 1. The van der Waals surface area contributed by atoms with Gasteiger partial charge in [-0.3, -0.25) is 4.79 Å². The Labute approximate surface area is 115 Å². The number of rotatable bonds is 5. The first-order chi connectivity index (χ1) is 9.17. The van der Waals surface area contributed by atoms with Gasteiger partial charge in [0.25, 0.3) is 0 Å². The smallest absolute Gasteiger partial charge is 0.230 e. The molecule has 1 aliphatic carbocycles. The first-order valence-corrected chi connectivity index (χ1v) is 7.13. The summed E-state index contributed by atoms with van der Waals surface area (Å²) < 4.78 is 12.7. The molecule has 2 rings (SSSR count). The molecule has 0 spiro atoms. The highest BCUT2D eigenvalue weighted by Crippen LogP contribution is 2.19. The van der Waals surface area contributed by atoms with E-state index in [0.717, 1.165) is 11.3 Å². The largest absolute Gasteiger partial charge is 0.396 e. The molecule has 0 saturated carbocycles. The van der Waals surface area contributed by atoms with E-state index in [-0.39, 0.29) is 30.3 Å². The van der Waals surface area contributed by atoms with Crippen LogP contribution in [-0.4, -0.2) is 29.4 Å². The van der Waals surface area contributed by atoms with Gasteiger partial charge in [0.2, 0.25) is 5.91 Å². The van der Waals surface area contributed by atoms with Crippen LogP contribution in [-0.2, 0) is 4.79 Å². The minimum atomic E-state index is -0.278. The van der Waals surface area contributed by atoms with Gasteiger partial charge in [0.1, 0.15) is 5.82 Å². The standard InChI is InChI=1S/C14H16FNO2S/c15-11-2-5-13(6-3-11)19-9-14(18)16-12-4-1-10(7-12)8-17/h1-6,10,12,17H,7-9H2,(H,16,18)/t10-,12+/m0/s1. The summed E-state index contributed by atoms with van der Waals surface area (Å²) in [4.78, 5) is 12.6. The zero-order valence-corrected chi connectivity index (χ0v) is 11.2. The van der Waals surface area contributed by atoms with Crippen molar-refractivity contribution in [2.45, 2.75) is 17.4 Å². The quantitative estimate of drug-likeness (QED) is 0.641. The summed E-state index contributed by atoms with van der Waals surface area (Å²) in [7, 11) is 0. The van der Waals surface area contributed by atoms with E-state index in [2.05, 4.69) is 5.32 Å². The Bertz CT molecular complexity index is 461. The van der Waals surface area contributed by atoms with E-state index in [0.29, 0.717) is 5.75 Å². The van der Waals surface area contributed by atoms with Crippen LogP contribution >= 0.6 is 11.8 Å². The molecule has 1 amide bonds. The zero-order chi connectivity index (χ0) is 13.7. The van der Waals surface area contributed by atoms with E-state index in [9.17, 15) is 9.18 Å². The number of aliphatic hydroxyl groups is 1. The highest BCUT2D eigenvalue weighted by molar-refractivity contribution is 8.00. The van der Waals surface area contributed by atoms with Gasteiger partial charge in [0.15, 0.2) is 0 Å². The second-order valence-corrected chi connectivity index (χ2v) is 5.53. The number of carbonyl (C=O) groups excluding carboxylic acids is 1. The zero-order valence-electron chi connectivity index (χ0n) is 10.4. The molecule has 0 aliphatic heterocycles. The van der Waals surface area contributed by atoms with Crippen LogP contribution in [0, 0.1) is 11.7 Å². The molecule has 1 aliphatic rings. The monoisotopic (exact) mass is 281 g/mol. The molecular weight excluding hydrogens is 265 g/mol. The summed E-state index contributed by atoms with van der Waals surface area (Å²) in [5, 5.41) is 11.9. The Morgan fingerprint density at radius 2 is 2.11 bits per heavy atom. The first kappa shape index (κ1) is 14.1. The lowest BCUT2D eigenvalue weighted by Gasteiger charge is -2.12. The maximum Gasteiger partial charge on any atom is 0.230 e. The average Bonchev–Trinajstić information content (AvgIpc) is 2.86. The van der Waals surface area contributed by atoms with Gasteiger partial charge in [-0.15, -0.1) is 11.8 Å². The molecule has 2 N–H and O–H groups in total. The summed E-state index contributed by atoms with van der Waals surface area (Å²) in [5.41, 5.74) is 0. The third-order valence-corrected chi connectivity index (χ3v) is 3.95. The van der Waals surface area contributed by atoms with Gasteiger partial charge in [-0.25, -0.2) is 4.39 Å². The highest BCUT2D eigenvalue weighted by atomic mass is 32.2. The van der Waals surface area contributed by atoms with E-state index in [1.165, 1.54) is 23.9 Å². The third-order valence-electron chi connectivity index (χ3n) is 2.94. The predicted octanol–water partition coefficient (Wildman–Crippen LogP) is 1.97. The molecule has 1 aromatic rings. The molecule has 102 valence electrons. The minimum Gasteiger partial charge on any atom is -0.396 e. The van der Waals surface area contributed by atoms with Crippen LogP contribution < -0.4 is 5.32 Å². The molecule has 0 aromatic heterocycles. The lowest BCUT2D eigenvalue weighted by Crippen LogP contribution is -2.34. The summed E-state index contributed by atoms with van der Waals surface area (Å²) in [6.45, 7) is 0.118. The fourth-order valence-electron chi connectivity index (χ4n) is 1.95. The minimum absolute atomic E-state index is 0.0125. The van der Waals surface area contributed by atoms with Crippen molar-refractivity contribution in [3.8, 4) is 0 Å². The number of carbonyl (C=O) groups is 1. The molecule has 0 unspecified atom stereocenters. The van der Waals surface area contributed by atoms with E-state index in [1.54, 1.807) is 12.1 Å². The maximum atomic E-state index is 12.7. The van der Waals surface area contributed by atoms with Crippen molar-refractivity contribution in [2.75, 3.05) is 12.4 Å². The van der Waals surface area contributed by atoms with Crippen LogP contribution in [0.25, 0.3) is 0 Å². The maximum absolute atomic E-state index is 12.7. The Balaban J connectivity index is 1.73. The van der Waals surface area contributed by atoms with Crippen molar-refractivity contribution in [3.05, 3.63) is 42.2 Å². The van der Waals surface area contributed by atoms with E-state index in [4.69, 9.17) is 5.11 Å². The molecule has 3 nitrogen and oxygen atoms in total. The number of hydrogen-bond acceptors (Lipinski definition) is 3. The average molecular weight is 281 g/mol.